The molecule has 0 saturated carbocycles. The summed E-state index contributed by atoms with van der Waals surface area (Å²) in [6.45, 7) is 12.0. The number of amides is 2. The first-order chi connectivity index (χ1) is 18.5. The number of pyridine rings is 1. The van der Waals surface area contributed by atoms with E-state index >= 15 is 0 Å². The van der Waals surface area contributed by atoms with Crippen molar-refractivity contribution < 1.29 is 9.59 Å². The minimum Gasteiger partial charge on any atom is -0.365 e. The molecule has 1 aliphatic carbocycles. The number of carbonyl (C=O) groups excluding carboxylic acids is 2. The van der Waals surface area contributed by atoms with Crippen LogP contribution in [0.25, 0.3) is 5.57 Å². The molecule has 0 unspecified atom stereocenters. The summed E-state index contributed by atoms with van der Waals surface area (Å²) in [5.74, 6) is 0.727. The molecule has 2 aromatic rings. The van der Waals surface area contributed by atoms with E-state index in [0.717, 1.165) is 47.0 Å². The molecule has 2 heterocycles. The van der Waals surface area contributed by atoms with Gasteiger partial charge in [0.1, 0.15) is 12.5 Å². The van der Waals surface area contributed by atoms with Crippen LogP contribution in [-0.4, -0.2) is 67.0 Å². The van der Waals surface area contributed by atoms with E-state index in [9.17, 15) is 9.59 Å². The molecule has 0 atom stereocenters. The standard InChI is InChI=1S/C29H31N7O2/c1-4-28(38)34-24-9-5-7-22(17-24)26-10-6-8-23(18-30-3)29(26)33-20-32-25-11-12-27(31-19-25)36-15-13-35(14-16-36)21(2)37/h4-12,17-19,32H,1,3,13-16,20H2,2H3,(H,34,38)/b23-18-,33-29?. The van der Waals surface area contributed by atoms with Gasteiger partial charge in [-0.25, -0.2) is 4.98 Å². The van der Waals surface area contributed by atoms with Crippen molar-refractivity contribution in [2.24, 2.45) is 9.98 Å². The number of hydrogen-bond donors (Lipinski definition) is 2. The predicted molar refractivity (Wildman–Crippen MR) is 155 cm³/mol. The van der Waals surface area contributed by atoms with Crippen molar-refractivity contribution >= 4 is 47.0 Å². The van der Waals surface area contributed by atoms with Crippen LogP contribution in [0.4, 0.5) is 17.2 Å². The van der Waals surface area contributed by atoms with E-state index in [1.165, 1.54) is 6.08 Å². The molecule has 4 rings (SSSR count). The zero-order valence-electron chi connectivity index (χ0n) is 21.4. The van der Waals surface area contributed by atoms with E-state index in [1.807, 2.05) is 59.5 Å². The summed E-state index contributed by atoms with van der Waals surface area (Å²) >= 11 is 0. The Kier molecular flexibility index (Phi) is 8.61. The van der Waals surface area contributed by atoms with E-state index in [0.29, 0.717) is 25.4 Å². The zero-order chi connectivity index (χ0) is 26.9. The second-order valence-electron chi connectivity index (χ2n) is 8.72. The smallest absolute Gasteiger partial charge is 0.247 e. The molecule has 0 spiro atoms. The first kappa shape index (κ1) is 26.3. The van der Waals surface area contributed by atoms with Gasteiger partial charge in [-0.05, 0) is 42.6 Å². The highest BCUT2D eigenvalue weighted by Crippen LogP contribution is 2.27. The minimum absolute atomic E-state index is 0.110. The summed E-state index contributed by atoms with van der Waals surface area (Å²) in [5, 5.41) is 6.11. The molecule has 2 N–H and O–H groups in total. The Hall–Kier alpha value is -4.79. The van der Waals surface area contributed by atoms with E-state index in [1.54, 1.807) is 19.3 Å². The van der Waals surface area contributed by atoms with Crippen LogP contribution in [0, 0.1) is 0 Å². The van der Waals surface area contributed by atoms with Gasteiger partial charge >= 0.3 is 0 Å². The Morgan fingerprint density at radius 3 is 2.63 bits per heavy atom. The molecule has 38 heavy (non-hydrogen) atoms. The van der Waals surface area contributed by atoms with Gasteiger partial charge in [0.2, 0.25) is 11.8 Å². The lowest BCUT2D eigenvalue weighted by Crippen LogP contribution is -2.48. The predicted octanol–water partition coefficient (Wildman–Crippen LogP) is 3.92. The third-order valence-corrected chi connectivity index (χ3v) is 6.24. The first-order valence-electron chi connectivity index (χ1n) is 12.3. The third-order valence-electron chi connectivity index (χ3n) is 6.24. The Balaban J connectivity index is 1.46. The monoisotopic (exact) mass is 509 g/mol. The van der Waals surface area contributed by atoms with E-state index in [2.05, 4.69) is 38.8 Å². The number of anilines is 3. The molecule has 1 fully saturated rings. The summed E-state index contributed by atoms with van der Waals surface area (Å²) in [6.07, 6.45) is 10.6. The van der Waals surface area contributed by atoms with Crippen LogP contribution in [0.5, 0.6) is 0 Å². The molecule has 2 amide bonds. The summed E-state index contributed by atoms with van der Waals surface area (Å²) in [6, 6.07) is 11.5. The van der Waals surface area contributed by atoms with Gasteiger partial charge in [-0.15, -0.1) is 0 Å². The second-order valence-corrected chi connectivity index (χ2v) is 8.72. The van der Waals surface area contributed by atoms with Crippen molar-refractivity contribution in [3.05, 3.63) is 90.8 Å². The number of allylic oxidation sites excluding steroid dienone is 5. The molecule has 1 aromatic carbocycles. The van der Waals surface area contributed by atoms with Crippen LogP contribution >= 0.6 is 0 Å². The van der Waals surface area contributed by atoms with Crippen molar-refractivity contribution in [2.45, 2.75) is 6.92 Å². The number of piperazine rings is 1. The van der Waals surface area contributed by atoms with Gasteiger partial charge in [-0.3, -0.25) is 19.6 Å². The van der Waals surface area contributed by atoms with Crippen LogP contribution < -0.4 is 15.5 Å². The van der Waals surface area contributed by atoms with Crippen LogP contribution in [0.3, 0.4) is 0 Å². The molecule has 1 saturated heterocycles. The molecule has 194 valence electrons. The minimum atomic E-state index is -0.271. The van der Waals surface area contributed by atoms with E-state index in [-0.39, 0.29) is 11.8 Å². The molecular weight excluding hydrogens is 478 g/mol. The van der Waals surface area contributed by atoms with Crippen LogP contribution in [0.2, 0.25) is 0 Å². The summed E-state index contributed by atoms with van der Waals surface area (Å²) in [4.78, 5) is 40.7. The molecule has 2 aliphatic rings. The Bertz CT molecular complexity index is 1330. The molecule has 1 aromatic heterocycles. The number of carbonyl (C=O) groups is 2. The number of benzene rings is 1. The van der Waals surface area contributed by atoms with E-state index < -0.39 is 0 Å². The lowest BCUT2D eigenvalue weighted by Gasteiger charge is -2.34. The number of hydrogen-bond acceptors (Lipinski definition) is 7. The Morgan fingerprint density at radius 2 is 1.95 bits per heavy atom. The summed E-state index contributed by atoms with van der Waals surface area (Å²) in [7, 11) is 0. The van der Waals surface area contributed by atoms with Crippen molar-refractivity contribution in [3.8, 4) is 0 Å². The SMILES string of the molecule is C=CC(=O)Nc1cccc(C2=CC=C/C(=C/N=C)C2=NCNc2ccc(N3CCN(C(C)=O)CC3)nc2)c1. The quantitative estimate of drug-likeness (QED) is 0.415. The van der Waals surface area contributed by atoms with Crippen molar-refractivity contribution in [3.63, 3.8) is 0 Å². The lowest BCUT2D eigenvalue weighted by molar-refractivity contribution is -0.129. The molecule has 0 bridgehead atoms. The fourth-order valence-corrected chi connectivity index (χ4v) is 4.27. The van der Waals surface area contributed by atoms with Gasteiger partial charge in [0.05, 0.1) is 17.6 Å². The highest BCUT2D eigenvalue weighted by Gasteiger charge is 2.19. The normalized spacial score (nSPS) is 17.2. The number of aromatic nitrogens is 1. The highest BCUT2D eigenvalue weighted by molar-refractivity contribution is 6.34. The highest BCUT2D eigenvalue weighted by atomic mass is 16.2. The topological polar surface area (TPSA) is 102 Å². The van der Waals surface area contributed by atoms with Gasteiger partial charge in [0.15, 0.2) is 0 Å². The Morgan fingerprint density at radius 1 is 1.13 bits per heavy atom. The first-order valence-corrected chi connectivity index (χ1v) is 12.3. The van der Waals surface area contributed by atoms with Gasteiger partial charge in [0, 0.05) is 56.1 Å². The van der Waals surface area contributed by atoms with Gasteiger partial charge in [-0.2, -0.15) is 0 Å². The maximum absolute atomic E-state index is 11.8. The number of nitrogens with zero attached hydrogens (tertiary/aromatic N) is 5. The average Bonchev–Trinajstić information content (AvgIpc) is 2.94. The van der Waals surface area contributed by atoms with Crippen molar-refractivity contribution in [1.29, 1.82) is 0 Å². The largest absolute Gasteiger partial charge is 0.365 e. The zero-order valence-corrected chi connectivity index (χ0v) is 21.4. The summed E-state index contributed by atoms with van der Waals surface area (Å²) in [5.41, 5.74) is 4.91. The molecule has 9 nitrogen and oxygen atoms in total. The third kappa shape index (κ3) is 6.50. The lowest BCUT2D eigenvalue weighted by atomic mass is 9.92. The average molecular weight is 510 g/mol. The molecule has 1 aliphatic heterocycles. The number of rotatable bonds is 8. The van der Waals surface area contributed by atoms with Gasteiger partial charge in [-0.1, -0.05) is 36.9 Å². The number of aliphatic imine (C=N–C) groups is 2. The Labute approximate surface area is 222 Å². The second kappa shape index (κ2) is 12.4. The maximum Gasteiger partial charge on any atom is 0.247 e. The molecule has 9 heteroatoms. The van der Waals surface area contributed by atoms with Crippen LogP contribution in [0.15, 0.2) is 95.2 Å². The van der Waals surface area contributed by atoms with Gasteiger partial charge in [0.25, 0.3) is 0 Å². The fourth-order valence-electron chi connectivity index (χ4n) is 4.27. The van der Waals surface area contributed by atoms with Crippen molar-refractivity contribution in [2.75, 3.05) is 48.4 Å². The molecular formula is C29H31N7O2. The van der Waals surface area contributed by atoms with Crippen molar-refractivity contribution in [1.82, 2.24) is 9.88 Å². The molecule has 0 radical (unpaired) electrons. The van der Waals surface area contributed by atoms with E-state index in [4.69, 9.17) is 4.99 Å². The number of nitrogens with one attached hydrogen (secondary N) is 2. The summed E-state index contributed by atoms with van der Waals surface area (Å²) < 4.78 is 0. The van der Waals surface area contributed by atoms with Crippen LogP contribution in [-0.2, 0) is 9.59 Å². The van der Waals surface area contributed by atoms with Crippen LogP contribution in [0.1, 0.15) is 12.5 Å². The fraction of sp³-hybridized carbons (Fsp3) is 0.207. The van der Waals surface area contributed by atoms with Gasteiger partial charge < -0.3 is 20.4 Å². The maximum atomic E-state index is 11.8.